The summed E-state index contributed by atoms with van der Waals surface area (Å²) in [5.74, 6) is 2.75. The number of hydrogen-bond acceptors (Lipinski definition) is 1. The minimum Gasteiger partial charge on any atom is -0.373 e. The fourth-order valence-electron chi connectivity index (χ4n) is 4.73. The topological polar surface area (TPSA) is 9.23 Å². The van der Waals surface area contributed by atoms with Crippen molar-refractivity contribution < 1.29 is 9.22 Å². The molecule has 0 unspecified atom stereocenters. The number of quaternary nitrogens is 1. The molecule has 2 nitrogen and oxygen atoms in total. The highest BCUT2D eigenvalue weighted by molar-refractivity contribution is 5.24. The molecule has 0 amide bonds. The minimum atomic E-state index is 0.336. The Morgan fingerprint density at radius 1 is 1.25 bits per heavy atom. The third-order valence-corrected chi connectivity index (χ3v) is 5.88. The fourth-order valence-corrected chi connectivity index (χ4v) is 4.73. The lowest BCUT2D eigenvalue weighted by molar-refractivity contribution is -0.887. The van der Waals surface area contributed by atoms with Crippen molar-refractivity contribution in [2.75, 3.05) is 33.8 Å². The molecule has 3 aliphatic rings. The summed E-state index contributed by atoms with van der Waals surface area (Å²) in [6, 6.07) is 0. The summed E-state index contributed by atoms with van der Waals surface area (Å²) >= 11 is 0. The van der Waals surface area contributed by atoms with Gasteiger partial charge in [-0.1, -0.05) is 31.6 Å². The first-order valence-corrected chi connectivity index (χ1v) is 8.20. The van der Waals surface area contributed by atoms with Crippen LogP contribution in [-0.2, 0) is 4.74 Å². The smallest absolute Gasteiger partial charge is 0.102 e. The molecular weight excluding hydrogens is 246 g/mol. The molecule has 3 rings (SSSR count). The van der Waals surface area contributed by atoms with Crippen molar-refractivity contribution in [1.82, 2.24) is 0 Å². The van der Waals surface area contributed by atoms with E-state index in [0.717, 1.165) is 23.6 Å². The van der Waals surface area contributed by atoms with Crippen LogP contribution in [0, 0.1) is 23.7 Å². The van der Waals surface area contributed by atoms with E-state index in [9.17, 15) is 0 Å². The van der Waals surface area contributed by atoms with E-state index in [2.05, 4.69) is 47.0 Å². The Morgan fingerprint density at radius 3 is 2.70 bits per heavy atom. The van der Waals surface area contributed by atoms with Crippen molar-refractivity contribution in [2.45, 2.75) is 33.3 Å². The molecule has 0 N–H and O–H groups in total. The summed E-state index contributed by atoms with van der Waals surface area (Å²) in [7, 11) is 4.68. The molecule has 0 radical (unpaired) electrons. The predicted molar refractivity (Wildman–Crippen MR) is 83.3 cm³/mol. The van der Waals surface area contributed by atoms with Crippen LogP contribution in [0.3, 0.4) is 0 Å². The first-order chi connectivity index (χ1) is 9.39. The Bertz CT molecular complexity index is 448. The molecule has 20 heavy (non-hydrogen) atoms. The van der Waals surface area contributed by atoms with Crippen LogP contribution in [0.15, 0.2) is 23.3 Å². The normalized spacial score (nSPS) is 43.8. The molecule has 5 atom stereocenters. The Kier molecular flexibility index (Phi) is 3.58. The van der Waals surface area contributed by atoms with Gasteiger partial charge in [0, 0.05) is 17.9 Å². The number of likely N-dealkylation sites (N-methyl/N-ethyl adjacent to an activating group) is 1. The van der Waals surface area contributed by atoms with E-state index < -0.39 is 0 Å². The summed E-state index contributed by atoms with van der Waals surface area (Å²) in [5, 5.41) is 0. The first kappa shape index (κ1) is 14.3. The molecular formula is C18H30NO+. The molecule has 2 heteroatoms. The average Bonchev–Trinajstić information content (AvgIpc) is 2.34. The molecule has 1 saturated heterocycles. The summed E-state index contributed by atoms with van der Waals surface area (Å²) in [6.07, 6.45) is 6.51. The van der Waals surface area contributed by atoms with Gasteiger partial charge in [0.05, 0.1) is 33.4 Å². The molecule has 1 fully saturated rings. The third kappa shape index (κ3) is 2.37. The van der Waals surface area contributed by atoms with Crippen LogP contribution in [0.2, 0.25) is 0 Å². The molecule has 0 aromatic heterocycles. The molecule has 1 aliphatic carbocycles. The molecule has 0 spiro atoms. The van der Waals surface area contributed by atoms with Crippen LogP contribution >= 0.6 is 0 Å². The van der Waals surface area contributed by atoms with Crippen LogP contribution in [0.4, 0.5) is 0 Å². The zero-order chi connectivity index (χ0) is 14.5. The summed E-state index contributed by atoms with van der Waals surface area (Å²) in [5.41, 5.74) is 3.11. The molecule has 2 aliphatic heterocycles. The number of nitrogens with zero attached hydrogens (tertiary/aromatic N) is 1. The van der Waals surface area contributed by atoms with Gasteiger partial charge in [0.2, 0.25) is 0 Å². The number of allylic oxidation sites excluding steroid dienone is 1. The van der Waals surface area contributed by atoms with E-state index in [1.54, 1.807) is 11.1 Å². The zero-order valence-corrected chi connectivity index (χ0v) is 13.7. The fraction of sp³-hybridized carbons (Fsp3) is 0.778. The van der Waals surface area contributed by atoms with Crippen molar-refractivity contribution in [3.63, 3.8) is 0 Å². The van der Waals surface area contributed by atoms with Gasteiger partial charge in [0.15, 0.2) is 0 Å². The van der Waals surface area contributed by atoms with Gasteiger partial charge < -0.3 is 9.22 Å². The second-order valence-electron chi connectivity index (χ2n) is 7.96. The zero-order valence-electron chi connectivity index (χ0n) is 13.7. The molecule has 2 heterocycles. The van der Waals surface area contributed by atoms with Crippen molar-refractivity contribution in [3.05, 3.63) is 23.3 Å². The maximum absolute atomic E-state index is 6.37. The monoisotopic (exact) mass is 276 g/mol. The lowest BCUT2D eigenvalue weighted by Gasteiger charge is -2.49. The number of fused-ring (bicyclic) bond motifs is 2. The van der Waals surface area contributed by atoms with Crippen LogP contribution in [0.25, 0.3) is 0 Å². The van der Waals surface area contributed by atoms with Gasteiger partial charge in [-0.05, 0) is 24.7 Å². The molecule has 0 aromatic carbocycles. The van der Waals surface area contributed by atoms with Crippen molar-refractivity contribution >= 4 is 0 Å². The Morgan fingerprint density at radius 2 is 2.00 bits per heavy atom. The minimum absolute atomic E-state index is 0.336. The maximum Gasteiger partial charge on any atom is 0.102 e. The first-order valence-electron chi connectivity index (χ1n) is 8.20. The van der Waals surface area contributed by atoms with Crippen LogP contribution < -0.4 is 0 Å². The predicted octanol–water partition coefficient (Wildman–Crippen LogP) is 3.26. The largest absolute Gasteiger partial charge is 0.373 e. The van der Waals surface area contributed by atoms with Crippen LogP contribution in [-0.4, -0.2) is 44.4 Å². The Balaban J connectivity index is 1.88. The molecule has 2 bridgehead atoms. The standard InChI is InChI=1S/C18H30NO/c1-12-9-13(2)17-14(3)16(12)11-20-18(17)15-7-6-8-19(4,5)10-15/h7,9,12,14,16-18H,6,8,10-11H2,1-5H3/q+1/t12-,14-,16-,17+,18-/m1/s1. The lowest BCUT2D eigenvalue weighted by atomic mass is 9.64. The number of rotatable bonds is 1. The molecule has 112 valence electrons. The van der Waals surface area contributed by atoms with Crippen LogP contribution in [0.1, 0.15) is 27.2 Å². The second kappa shape index (κ2) is 4.99. The van der Waals surface area contributed by atoms with Crippen molar-refractivity contribution in [1.29, 1.82) is 0 Å². The van der Waals surface area contributed by atoms with Crippen molar-refractivity contribution in [2.24, 2.45) is 23.7 Å². The van der Waals surface area contributed by atoms with E-state index in [-0.39, 0.29) is 0 Å². The maximum atomic E-state index is 6.37. The van der Waals surface area contributed by atoms with E-state index in [4.69, 9.17) is 4.74 Å². The van der Waals surface area contributed by atoms with Gasteiger partial charge in [-0.25, -0.2) is 0 Å². The van der Waals surface area contributed by atoms with Crippen molar-refractivity contribution in [3.8, 4) is 0 Å². The SMILES string of the molecule is CC1=C[C@@H](C)[C@H]2CO[C@H](C3=CCC[N+](C)(C)C3)[C@@H]1[C@@H]2C. The molecule has 0 saturated carbocycles. The summed E-state index contributed by atoms with van der Waals surface area (Å²) < 4.78 is 7.48. The van der Waals surface area contributed by atoms with E-state index in [0.29, 0.717) is 23.9 Å². The molecule has 0 aromatic rings. The highest BCUT2D eigenvalue weighted by Crippen LogP contribution is 2.46. The number of hydrogen-bond donors (Lipinski definition) is 0. The van der Waals surface area contributed by atoms with Gasteiger partial charge in [0.25, 0.3) is 0 Å². The second-order valence-corrected chi connectivity index (χ2v) is 7.96. The Hall–Kier alpha value is -0.600. The Labute approximate surface area is 124 Å². The van der Waals surface area contributed by atoms with Gasteiger partial charge in [-0.15, -0.1) is 0 Å². The van der Waals surface area contributed by atoms with Crippen LogP contribution in [0.5, 0.6) is 0 Å². The van der Waals surface area contributed by atoms with Gasteiger partial charge in [0.1, 0.15) is 6.54 Å². The average molecular weight is 276 g/mol. The quantitative estimate of drug-likeness (QED) is 0.528. The third-order valence-electron chi connectivity index (χ3n) is 5.88. The van der Waals surface area contributed by atoms with E-state index in [1.165, 1.54) is 13.0 Å². The highest BCUT2D eigenvalue weighted by Gasteiger charge is 2.45. The van der Waals surface area contributed by atoms with Gasteiger partial charge in [-0.3, -0.25) is 0 Å². The highest BCUT2D eigenvalue weighted by atomic mass is 16.5. The van der Waals surface area contributed by atoms with Gasteiger partial charge >= 0.3 is 0 Å². The summed E-state index contributed by atoms with van der Waals surface area (Å²) in [4.78, 5) is 0. The van der Waals surface area contributed by atoms with E-state index in [1.807, 2.05) is 0 Å². The van der Waals surface area contributed by atoms with E-state index >= 15 is 0 Å². The number of ether oxygens (including phenoxy) is 1. The lowest BCUT2D eigenvalue weighted by Crippen LogP contribution is -2.51. The summed E-state index contributed by atoms with van der Waals surface area (Å²) in [6.45, 7) is 10.5. The van der Waals surface area contributed by atoms with Gasteiger partial charge in [-0.2, -0.15) is 0 Å².